The number of nitrogens with zero attached hydrogens (tertiary/aromatic N) is 1. The highest BCUT2D eigenvalue weighted by atomic mass is 19.4. The van der Waals surface area contributed by atoms with E-state index in [-0.39, 0.29) is 17.7 Å². The van der Waals surface area contributed by atoms with Gasteiger partial charge in [0.2, 0.25) is 0 Å². The Kier molecular flexibility index (Phi) is 5.67. The molecule has 5 nitrogen and oxygen atoms in total. The van der Waals surface area contributed by atoms with E-state index < -0.39 is 6.36 Å². The maximum Gasteiger partial charge on any atom is 0.573 e. The maximum atomic E-state index is 12.9. The fraction of sp³-hybridized carbons (Fsp3) is 0.350. The van der Waals surface area contributed by atoms with Crippen LogP contribution < -0.4 is 14.2 Å². The molecule has 0 atom stereocenters. The smallest absolute Gasteiger partial charge is 0.497 e. The van der Waals surface area contributed by atoms with Gasteiger partial charge in [0.1, 0.15) is 17.2 Å². The summed E-state index contributed by atoms with van der Waals surface area (Å²) in [7, 11) is 3.10. The molecule has 2 aromatic carbocycles. The fourth-order valence-corrected chi connectivity index (χ4v) is 2.88. The molecule has 0 spiro atoms. The number of amides is 1. The largest absolute Gasteiger partial charge is 0.573 e. The first-order chi connectivity index (χ1) is 13.3. The van der Waals surface area contributed by atoms with Crippen LogP contribution in [-0.2, 0) is 6.54 Å². The van der Waals surface area contributed by atoms with Crippen molar-refractivity contribution in [1.82, 2.24) is 4.90 Å². The second-order valence-corrected chi connectivity index (χ2v) is 6.41. The van der Waals surface area contributed by atoms with E-state index in [2.05, 4.69) is 4.74 Å². The molecule has 1 amide bonds. The summed E-state index contributed by atoms with van der Waals surface area (Å²) in [4.78, 5) is 14.7. The van der Waals surface area contributed by atoms with Gasteiger partial charge in [-0.25, -0.2) is 0 Å². The molecule has 150 valence electrons. The first-order valence-corrected chi connectivity index (χ1v) is 8.68. The Morgan fingerprint density at radius 3 is 2.21 bits per heavy atom. The third-order valence-electron chi connectivity index (χ3n) is 4.42. The van der Waals surface area contributed by atoms with E-state index >= 15 is 0 Å². The molecule has 0 radical (unpaired) electrons. The normalized spacial score (nSPS) is 13.8. The first-order valence-electron chi connectivity index (χ1n) is 8.68. The van der Waals surface area contributed by atoms with E-state index in [1.807, 2.05) is 6.07 Å². The number of hydrogen-bond donors (Lipinski definition) is 0. The van der Waals surface area contributed by atoms with Gasteiger partial charge in [-0.1, -0.05) is 0 Å². The van der Waals surface area contributed by atoms with Crippen LogP contribution in [0.2, 0.25) is 0 Å². The average molecular weight is 395 g/mol. The van der Waals surface area contributed by atoms with E-state index in [1.54, 1.807) is 31.3 Å². The summed E-state index contributed by atoms with van der Waals surface area (Å²) in [6.45, 7) is 0.331. The summed E-state index contributed by atoms with van der Waals surface area (Å²) < 4.78 is 51.3. The minimum atomic E-state index is -4.77. The number of carbonyl (C=O) groups is 1. The van der Waals surface area contributed by atoms with Crippen LogP contribution in [0.3, 0.4) is 0 Å². The molecule has 0 saturated heterocycles. The molecule has 3 rings (SSSR count). The summed E-state index contributed by atoms with van der Waals surface area (Å²) in [5, 5.41) is 0. The van der Waals surface area contributed by atoms with Crippen molar-refractivity contribution in [2.24, 2.45) is 0 Å². The molecule has 1 fully saturated rings. The Bertz CT molecular complexity index is 832. The predicted molar refractivity (Wildman–Crippen MR) is 95.6 cm³/mol. The average Bonchev–Trinajstić information content (AvgIpc) is 3.50. The third kappa shape index (κ3) is 4.88. The predicted octanol–water partition coefficient (Wildman–Crippen LogP) is 4.41. The van der Waals surface area contributed by atoms with E-state index in [9.17, 15) is 18.0 Å². The van der Waals surface area contributed by atoms with Crippen LogP contribution in [-0.4, -0.2) is 37.4 Å². The zero-order valence-electron chi connectivity index (χ0n) is 15.5. The molecule has 1 saturated carbocycles. The first kappa shape index (κ1) is 19.9. The molecule has 1 aliphatic carbocycles. The fourth-order valence-electron chi connectivity index (χ4n) is 2.88. The monoisotopic (exact) mass is 395 g/mol. The van der Waals surface area contributed by atoms with Crippen molar-refractivity contribution in [2.45, 2.75) is 31.8 Å². The van der Waals surface area contributed by atoms with Crippen molar-refractivity contribution >= 4 is 5.91 Å². The molecule has 2 aromatic rings. The summed E-state index contributed by atoms with van der Waals surface area (Å²) >= 11 is 0. The minimum Gasteiger partial charge on any atom is -0.497 e. The van der Waals surface area contributed by atoms with Crippen LogP contribution in [0.1, 0.15) is 28.8 Å². The number of hydrogen-bond acceptors (Lipinski definition) is 4. The highest BCUT2D eigenvalue weighted by Gasteiger charge is 2.34. The van der Waals surface area contributed by atoms with Crippen LogP contribution in [0, 0.1) is 0 Å². The van der Waals surface area contributed by atoms with Crippen molar-refractivity contribution < 1.29 is 32.2 Å². The van der Waals surface area contributed by atoms with Crippen LogP contribution in [0.4, 0.5) is 13.2 Å². The van der Waals surface area contributed by atoms with E-state index in [0.717, 1.165) is 30.5 Å². The standard InChI is InChI=1S/C20H20F3NO4/c1-26-17-10-5-14(18(11-17)27-2)12-24(15-6-7-15)19(25)13-3-8-16(9-4-13)28-20(21,22)23/h3-5,8-11,15H,6-7,12H2,1-2H3. The SMILES string of the molecule is COc1ccc(CN(C(=O)c2ccc(OC(F)(F)F)cc2)C2CC2)c(OC)c1. The third-order valence-corrected chi connectivity index (χ3v) is 4.42. The number of benzene rings is 2. The van der Waals surface area contributed by atoms with Crippen LogP contribution >= 0.6 is 0 Å². The summed E-state index contributed by atoms with van der Waals surface area (Å²) in [6.07, 6.45) is -2.99. The van der Waals surface area contributed by atoms with Crippen molar-refractivity contribution in [1.29, 1.82) is 0 Å². The second-order valence-electron chi connectivity index (χ2n) is 6.41. The lowest BCUT2D eigenvalue weighted by atomic mass is 10.1. The molecule has 28 heavy (non-hydrogen) atoms. The molecular weight excluding hydrogens is 375 g/mol. The number of methoxy groups -OCH3 is 2. The number of halogens is 3. The Morgan fingerprint density at radius 1 is 1.04 bits per heavy atom. The Balaban J connectivity index is 1.78. The molecule has 0 aliphatic heterocycles. The lowest BCUT2D eigenvalue weighted by Crippen LogP contribution is -2.32. The number of ether oxygens (including phenoxy) is 3. The van der Waals surface area contributed by atoms with Gasteiger partial charge in [-0.3, -0.25) is 4.79 Å². The van der Waals surface area contributed by atoms with Gasteiger partial charge in [-0.15, -0.1) is 13.2 Å². The van der Waals surface area contributed by atoms with Gasteiger partial charge < -0.3 is 19.1 Å². The van der Waals surface area contributed by atoms with Gasteiger partial charge in [0.05, 0.1) is 14.2 Å². The molecule has 8 heteroatoms. The second kappa shape index (κ2) is 8.00. The summed E-state index contributed by atoms with van der Waals surface area (Å²) in [6, 6.07) is 10.4. The zero-order valence-corrected chi connectivity index (χ0v) is 15.5. The van der Waals surface area contributed by atoms with Crippen molar-refractivity contribution in [3.63, 3.8) is 0 Å². The highest BCUT2D eigenvalue weighted by molar-refractivity contribution is 5.94. The molecule has 0 bridgehead atoms. The quantitative estimate of drug-likeness (QED) is 0.697. The Hall–Kier alpha value is -2.90. The molecule has 0 N–H and O–H groups in total. The minimum absolute atomic E-state index is 0.102. The van der Waals surface area contributed by atoms with Crippen molar-refractivity contribution in [3.05, 3.63) is 53.6 Å². The molecular formula is C20H20F3NO4. The van der Waals surface area contributed by atoms with Crippen LogP contribution in [0.15, 0.2) is 42.5 Å². The van der Waals surface area contributed by atoms with Gasteiger partial charge in [0.15, 0.2) is 0 Å². The molecule has 0 unspecified atom stereocenters. The Labute approximate surface area is 160 Å². The maximum absolute atomic E-state index is 12.9. The number of carbonyl (C=O) groups excluding carboxylic acids is 1. The summed E-state index contributed by atoms with van der Waals surface area (Å²) in [5.41, 5.74) is 1.12. The van der Waals surface area contributed by atoms with Crippen molar-refractivity contribution in [2.75, 3.05) is 14.2 Å². The van der Waals surface area contributed by atoms with Gasteiger partial charge >= 0.3 is 6.36 Å². The number of rotatable bonds is 7. The van der Waals surface area contributed by atoms with Gasteiger partial charge in [-0.05, 0) is 49.2 Å². The molecule has 0 aromatic heterocycles. The van der Waals surface area contributed by atoms with Gasteiger partial charge in [0, 0.05) is 29.8 Å². The highest BCUT2D eigenvalue weighted by Crippen LogP contribution is 2.33. The molecule has 1 aliphatic rings. The van der Waals surface area contributed by atoms with Crippen LogP contribution in [0.5, 0.6) is 17.2 Å². The van der Waals surface area contributed by atoms with Gasteiger partial charge in [0.25, 0.3) is 5.91 Å². The Morgan fingerprint density at radius 2 is 1.68 bits per heavy atom. The van der Waals surface area contributed by atoms with Gasteiger partial charge in [-0.2, -0.15) is 0 Å². The van der Waals surface area contributed by atoms with E-state index in [4.69, 9.17) is 9.47 Å². The number of alkyl halides is 3. The topological polar surface area (TPSA) is 48.0 Å². The van der Waals surface area contributed by atoms with E-state index in [1.165, 1.54) is 12.1 Å². The molecule has 0 heterocycles. The zero-order chi connectivity index (χ0) is 20.3. The lowest BCUT2D eigenvalue weighted by molar-refractivity contribution is -0.274. The van der Waals surface area contributed by atoms with E-state index in [0.29, 0.717) is 23.6 Å². The lowest BCUT2D eigenvalue weighted by Gasteiger charge is -2.24. The van der Waals surface area contributed by atoms with Crippen molar-refractivity contribution in [3.8, 4) is 17.2 Å². The van der Waals surface area contributed by atoms with Crippen LogP contribution in [0.25, 0.3) is 0 Å². The summed E-state index contributed by atoms with van der Waals surface area (Å²) in [5.74, 6) is 0.634.